The Morgan fingerprint density at radius 2 is 2.04 bits per heavy atom. The van der Waals surface area contributed by atoms with Gasteiger partial charge in [0.15, 0.2) is 11.7 Å². The highest BCUT2D eigenvalue weighted by Gasteiger charge is 2.24. The summed E-state index contributed by atoms with van der Waals surface area (Å²) in [5, 5.41) is 13.6. The van der Waals surface area contributed by atoms with Crippen molar-refractivity contribution in [1.29, 1.82) is 5.26 Å². The number of nitriles is 1. The number of rotatable bonds is 5. The Kier molecular flexibility index (Phi) is 5.18. The summed E-state index contributed by atoms with van der Waals surface area (Å²) in [6, 6.07) is 2.09. The van der Waals surface area contributed by atoms with Gasteiger partial charge in [-0.15, -0.1) is 22.7 Å². The lowest BCUT2D eigenvalue weighted by Crippen LogP contribution is -2.13. The van der Waals surface area contributed by atoms with Crippen molar-refractivity contribution in [2.75, 3.05) is 5.75 Å². The number of ketones is 1. The average Bonchev–Trinajstić information content (AvgIpc) is 3.10. The zero-order chi connectivity index (χ0) is 18.1. The first kappa shape index (κ1) is 18.0. The number of nitrogens with zero attached hydrogens (tertiary/aromatic N) is 4. The molecule has 128 valence electrons. The molecule has 0 aliphatic rings. The van der Waals surface area contributed by atoms with Crippen molar-refractivity contribution in [3.8, 4) is 6.07 Å². The molecule has 0 aromatic carbocycles. The predicted molar refractivity (Wildman–Crippen MR) is 103 cm³/mol. The van der Waals surface area contributed by atoms with Gasteiger partial charge in [-0.25, -0.2) is 15.0 Å². The van der Waals surface area contributed by atoms with Crippen LogP contribution in [0.15, 0.2) is 10.4 Å². The summed E-state index contributed by atoms with van der Waals surface area (Å²) in [7, 11) is 0. The monoisotopic (exact) mass is 388 g/mol. The van der Waals surface area contributed by atoms with E-state index in [4.69, 9.17) is 0 Å². The van der Waals surface area contributed by atoms with E-state index in [-0.39, 0.29) is 11.5 Å². The molecule has 3 aromatic heterocycles. The minimum Gasteiger partial charge on any atom is -0.297 e. The molecule has 0 amide bonds. The first-order valence-corrected chi connectivity index (χ1v) is 10.3. The average molecular weight is 389 g/mol. The Morgan fingerprint density at radius 1 is 1.28 bits per heavy atom. The first-order valence-electron chi connectivity index (χ1n) is 7.62. The molecule has 3 aromatic rings. The predicted octanol–water partition coefficient (Wildman–Crippen LogP) is 4.35. The fraction of sp³-hybridized carbons (Fsp3) is 0.353. The number of thiazole rings is 1. The molecule has 0 fully saturated rings. The number of thiophene rings is 1. The highest BCUT2D eigenvalue weighted by atomic mass is 32.2. The minimum atomic E-state index is -0.810. The summed E-state index contributed by atoms with van der Waals surface area (Å²) in [4.78, 5) is 28.0. The smallest absolute Gasteiger partial charge is 0.167 e. The van der Waals surface area contributed by atoms with Crippen LogP contribution < -0.4 is 0 Å². The van der Waals surface area contributed by atoms with Gasteiger partial charge in [-0.1, -0.05) is 11.8 Å². The molecule has 3 rings (SSSR count). The van der Waals surface area contributed by atoms with Crippen LogP contribution in [0.1, 0.15) is 32.9 Å². The van der Waals surface area contributed by atoms with Gasteiger partial charge in [0.1, 0.15) is 20.7 Å². The van der Waals surface area contributed by atoms with Crippen molar-refractivity contribution in [1.82, 2.24) is 15.0 Å². The molecule has 5 nitrogen and oxygen atoms in total. The first-order chi connectivity index (χ1) is 11.9. The number of fused-ring (bicyclic) bond motifs is 1. The molecule has 1 atom stereocenters. The third-order valence-electron chi connectivity index (χ3n) is 3.79. The molecule has 0 aliphatic heterocycles. The standard InChI is InChI=1S/C17H16N4OS3/c1-8-6-23-15(19-8)12(5-18)13(22)7-24-16-14-9(2)10(3)25-17(14)21-11(4)20-16/h6,12H,7H2,1-4H3/t12-/m0/s1. The molecule has 0 N–H and O–H groups in total. The molecular weight excluding hydrogens is 372 g/mol. The summed E-state index contributed by atoms with van der Waals surface area (Å²) >= 11 is 4.37. The van der Waals surface area contributed by atoms with Crippen LogP contribution in [0.4, 0.5) is 0 Å². The SMILES string of the molecule is Cc1csc([C@@H](C#N)C(=O)CSc2nc(C)nc3sc(C)c(C)c23)n1. The summed E-state index contributed by atoms with van der Waals surface area (Å²) in [6.07, 6.45) is 0. The lowest BCUT2D eigenvalue weighted by molar-refractivity contribution is -0.116. The highest BCUT2D eigenvalue weighted by molar-refractivity contribution is 8.00. The van der Waals surface area contributed by atoms with E-state index in [1.165, 1.54) is 28.0 Å². The molecule has 0 unspecified atom stereocenters. The Bertz CT molecular complexity index is 999. The molecular formula is C17H16N4OS3. The molecule has 0 aliphatic carbocycles. The topological polar surface area (TPSA) is 79.5 Å². The second-order valence-corrected chi connectivity index (χ2v) is 8.74. The Morgan fingerprint density at radius 3 is 2.68 bits per heavy atom. The summed E-state index contributed by atoms with van der Waals surface area (Å²) < 4.78 is 0. The maximum absolute atomic E-state index is 12.6. The van der Waals surface area contributed by atoms with Crippen molar-refractivity contribution >= 4 is 50.4 Å². The summed E-state index contributed by atoms with van der Waals surface area (Å²) in [6.45, 7) is 7.82. The molecule has 0 saturated heterocycles. The minimum absolute atomic E-state index is 0.143. The van der Waals surface area contributed by atoms with Gasteiger partial charge in [-0.05, 0) is 33.3 Å². The molecule has 0 radical (unpaired) electrons. The normalized spacial score (nSPS) is 12.3. The largest absolute Gasteiger partial charge is 0.297 e. The van der Waals surface area contributed by atoms with Crippen molar-refractivity contribution < 1.29 is 4.79 Å². The Hall–Kier alpha value is -1.82. The van der Waals surface area contributed by atoms with Crippen molar-refractivity contribution in [2.45, 2.75) is 38.6 Å². The van der Waals surface area contributed by atoms with Gasteiger partial charge >= 0.3 is 0 Å². The molecule has 8 heteroatoms. The number of hydrogen-bond acceptors (Lipinski definition) is 8. The van der Waals surface area contributed by atoms with Crippen molar-refractivity contribution in [3.05, 3.63) is 32.3 Å². The van der Waals surface area contributed by atoms with Gasteiger partial charge in [0.05, 0.1) is 11.8 Å². The van der Waals surface area contributed by atoms with Crippen LogP contribution in [0.3, 0.4) is 0 Å². The second-order valence-electron chi connectivity index (χ2n) is 5.68. The van der Waals surface area contributed by atoms with E-state index >= 15 is 0 Å². The molecule has 25 heavy (non-hydrogen) atoms. The van der Waals surface area contributed by atoms with Gasteiger partial charge in [0, 0.05) is 21.3 Å². The van der Waals surface area contributed by atoms with E-state index in [1.807, 2.05) is 19.2 Å². The second kappa shape index (κ2) is 7.20. The van der Waals surface area contributed by atoms with E-state index in [9.17, 15) is 10.1 Å². The summed E-state index contributed by atoms with van der Waals surface area (Å²) in [5.41, 5.74) is 1.99. The van der Waals surface area contributed by atoms with E-state index < -0.39 is 5.92 Å². The molecule has 0 saturated carbocycles. The van der Waals surface area contributed by atoms with Gasteiger partial charge < -0.3 is 0 Å². The number of Topliss-reactive ketones (excluding diaryl/α,β-unsaturated/α-hetero) is 1. The van der Waals surface area contributed by atoms with E-state index in [0.717, 1.165) is 26.5 Å². The zero-order valence-electron chi connectivity index (χ0n) is 14.3. The molecule has 3 heterocycles. The fourth-order valence-corrected chi connectivity index (χ4v) is 5.45. The van der Waals surface area contributed by atoms with Gasteiger partial charge in [0.25, 0.3) is 0 Å². The number of hydrogen-bond donors (Lipinski definition) is 0. The van der Waals surface area contributed by atoms with Crippen LogP contribution in [0.25, 0.3) is 10.2 Å². The number of thioether (sulfide) groups is 1. The molecule has 0 bridgehead atoms. The van der Waals surface area contributed by atoms with Crippen LogP contribution in [0.5, 0.6) is 0 Å². The van der Waals surface area contributed by atoms with E-state index in [2.05, 4.69) is 34.9 Å². The third-order valence-corrected chi connectivity index (χ3v) is 6.92. The van der Waals surface area contributed by atoms with E-state index in [0.29, 0.717) is 10.8 Å². The Balaban J connectivity index is 1.85. The number of carbonyl (C=O) groups excluding carboxylic acids is 1. The lowest BCUT2D eigenvalue weighted by Gasteiger charge is -2.07. The number of aryl methyl sites for hydroxylation is 4. The van der Waals surface area contributed by atoms with Gasteiger partial charge in [-0.3, -0.25) is 4.79 Å². The van der Waals surface area contributed by atoms with Crippen LogP contribution in [0, 0.1) is 39.0 Å². The Labute approximate surface area is 158 Å². The maximum Gasteiger partial charge on any atom is 0.167 e. The van der Waals surface area contributed by atoms with Gasteiger partial charge in [-0.2, -0.15) is 5.26 Å². The highest BCUT2D eigenvalue weighted by Crippen LogP contribution is 2.35. The quantitative estimate of drug-likeness (QED) is 0.477. The van der Waals surface area contributed by atoms with Crippen LogP contribution in [0.2, 0.25) is 0 Å². The van der Waals surface area contributed by atoms with E-state index in [1.54, 1.807) is 11.3 Å². The third kappa shape index (κ3) is 3.59. The molecule has 0 spiro atoms. The van der Waals surface area contributed by atoms with Crippen LogP contribution >= 0.6 is 34.4 Å². The van der Waals surface area contributed by atoms with Gasteiger partial charge in [0.2, 0.25) is 0 Å². The number of carbonyl (C=O) groups is 1. The van der Waals surface area contributed by atoms with Crippen molar-refractivity contribution in [2.24, 2.45) is 0 Å². The van der Waals surface area contributed by atoms with Crippen LogP contribution in [-0.4, -0.2) is 26.5 Å². The fourth-order valence-electron chi connectivity index (χ4n) is 2.41. The maximum atomic E-state index is 12.6. The lowest BCUT2D eigenvalue weighted by atomic mass is 10.1. The summed E-state index contributed by atoms with van der Waals surface area (Å²) in [5.74, 6) is -0.0709. The number of aromatic nitrogens is 3. The zero-order valence-corrected chi connectivity index (χ0v) is 16.7. The van der Waals surface area contributed by atoms with Crippen molar-refractivity contribution in [3.63, 3.8) is 0 Å². The van der Waals surface area contributed by atoms with Crippen LogP contribution in [-0.2, 0) is 4.79 Å².